The zero-order chi connectivity index (χ0) is 20.4. The predicted octanol–water partition coefficient (Wildman–Crippen LogP) is 4.86. The summed E-state index contributed by atoms with van der Waals surface area (Å²) in [5, 5.41) is 11.5. The minimum atomic E-state index is -0.179. The molecule has 0 saturated carbocycles. The molecule has 1 aliphatic rings. The first-order chi connectivity index (χ1) is 14.0. The summed E-state index contributed by atoms with van der Waals surface area (Å²) in [7, 11) is 0. The summed E-state index contributed by atoms with van der Waals surface area (Å²) in [4.78, 5) is 13.2. The molecule has 2 N–H and O–H groups in total. The number of aromatic nitrogens is 2. The number of benzene rings is 2. The SMILES string of the molecule is Cc1ccc(-n2ncc(C(=O)Nc3ccccc3Cl)c2C2CCNCC2)cc1C. The van der Waals surface area contributed by atoms with Crippen LogP contribution in [-0.4, -0.2) is 28.8 Å². The van der Waals surface area contributed by atoms with E-state index >= 15 is 0 Å². The third kappa shape index (κ3) is 4.07. The van der Waals surface area contributed by atoms with Gasteiger partial charge in [-0.1, -0.05) is 29.8 Å². The molecule has 1 saturated heterocycles. The summed E-state index contributed by atoms with van der Waals surface area (Å²) in [5.74, 6) is 0.0917. The molecule has 0 spiro atoms. The highest BCUT2D eigenvalue weighted by Gasteiger charge is 2.27. The Morgan fingerprint density at radius 1 is 1.14 bits per heavy atom. The number of halogens is 1. The van der Waals surface area contributed by atoms with Crippen LogP contribution in [0.1, 0.15) is 45.9 Å². The lowest BCUT2D eigenvalue weighted by atomic mass is 9.91. The van der Waals surface area contributed by atoms with E-state index in [4.69, 9.17) is 11.6 Å². The number of piperidine rings is 1. The Labute approximate surface area is 176 Å². The minimum Gasteiger partial charge on any atom is -0.321 e. The van der Waals surface area contributed by atoms with E-state index in [0.29, 0.717) is 16.3 Å². The van der Waals surface area contributed by atoms with Gasteiger partial charge >= 0.3 is 0 Å². The predicted molar refractivity (Wildman–Crippen MR) is 117 cm³/mol. The van der Waals surface area contributed by atoms with E-state index in [9.17, 15) is 4.79 Å². The topological polar surface area (TPSA) is 59.0 Å². The molecule has 0 aliphatic carbocycles. The number of nitrogens with zero attached hydrogens (tertiary/aromatic N) is 2. The van der Waals surface area contributed by atoms with Crippen LogP contribution in [0.15, 0.2) is 48.7 Å². The highest BCUT2D eigenvalue weighted by molar-refractivity contribution is 6.33. The van der Waals surface area contributed by atoms with Crippen LogP contribution in [0.3, 0.4) is 0 Å². The summed E-state index contributed by atoms with van der Waals surface area (Å²) in [6, 6.07) is 13.6. The number of carbonyl (C=O) groups is 1. The number of hydrogen-bond donors (Lipinski definition) is 2. The summed E-state index contributed by atoms with van der Waals surface area (Å²) in [6.45, 7) is 6.07. The molecule has 3 aromatic rings. The van der Waals surface area contributed by atoms with Crippen molar-refractivity contribution < 1.29 is 4.79 Å². The quantitative estimate of drug-likeness (QED) is 0.648. The number of nitrogens with one attached hydrogen (secondary N) is 2. The van der Waals surface area contributed by atoms with Crippen molar-refractivity contribution in [1.29, 1.82) is 0 Å². The number of rotatable bonds is 4. The molecule has 1 aromatic heterocycles. The highest BCUT2D eigenvalue weighted by Crippen LogP contribution is 2.31. The molecule has 2 aromatic carbocycles. The number of anilines is 1. The zero-order valence-electron chi connectivity index (χ0n) is 16.7. The molecule has 6 heteroatoms. The molecule has 1 aliphatic heterocycles. The molecular formula is C23H25ClN4O. The molecule has 2 heterocycles. The van der Waals surface area contributed by atoms with Gasteiger partial charge in [-0.15, -0.1) is 0 Å². The third-order valence-electron chi connectivity index (χ3n) is 5.63. The fourth-order valence-corrected chi connectivity index (χ4v) is 4.02. The van der Waals surface area contributed by atoms with Gasteiger partial charge in [0.15, 0.2) is 0 Å². The van der Waals surface area contributed by atoms with Gasteiger partial charge in [-0.2, -0.15) is 5.10 Å². The van der Waals surface area contributed by atoms with Crippen molar-refractivity contribution in [1.82, 2.24) is 15.1 Å². The Morgan fingerprint density at radius 3 is 2.62 bits per heavy atom. The fourth-order valence-electron chi connectivity index (χ4n) is 3.84. The Morgan fingerprint density at radius 2 is 1.90 bits per heavy atom. The van der Waals surface area contributed by atoms with Gasteiger partial charge in [0.2, 0.25) is 0 Å². The van der Waals surface area contributed by atoms with Crippen molar-refractivity contribution in [2.75, 3.05) is 18.4 Å². The average molecular weight is 409 g/mol. The Balaban J connectivity index is 1.75. The minimum absolute atomic E-state index is 0.179. The van der Waals surface area contributed by atoms with Gasteiger partial charge in [0.1, 0.15) is 0 Å². The fraction of sp³-hybridized carbons (Fsp3) is 0.304. The van der Waals surface area contributed by atoms with Crippen molar-refractivity contribution in [2.45, 2.75) is 32.6 Å². The lowest BCUT2D eigenvalue weighted by Crippen LogP contribution is -2.29. The molecule has 0 atom stereocenters. The summed E-state index contributed by atoms with van der Waals surface area (Å²) < 4.78 is 1.93. The van der Waals surface area contributed by atoms with E-state index in [1.165, 1.54) is 11.1 Å². The van der Waals surface area contributed by atoms with Crippen molar-refractivity contribution in [3.8, 4) is 5.69 Å². The van der Waals surface area contributed by atoms with E-state index in [-0.39, 0.29) is 11.8 Å². The number of carbonyl (C=O) groups excluding carboxylic acids is 1. The lowest BCUT2D eigenvalue weighted by molar-refractivity contribution is 0.102. The monoisotopic (exact) mass is 408 g/mol. The van der Waals surface area contributed by atoms with Crippen LogP contribution in [0, 0.1) is 13.8 Å². The Bertz CT molecular complexity index is 1040. The molecule has 150 valence electrons. The van der Waals surface area contributed by atoms with Crippen LogP contribution < -0.4 is 10.6 Å². The van der Waals surface area contributed by atoms with Crippen LogP contribution in [0.5, 0.6) is 0 Å². The molecule has 29 heavy (non-hydrogen) atoms. The first-order valence-electron chi connectivity index (χ1n) is 9.96. The van der Waals surface area contributed by atoms with Gasteiger partial charge in [0.25, 0.3) is 5.91 Å². The van der Waals surface area contributed by atoms with Crippen LogP contribution in [0.25, 0.3) is 5.69 Å². The maximum Gasteiger partial charge on any atom is 0.259 e. The van der Waals surface area contributed by atoms with Crippen molar-refractivity contribution in [3.63, 3.8) is 0 Å². The maximum atomic E-state index is 13.2. The van der Waals surface area contributed by atoms with E-state index in [1.807, 2.05) is 16.8 Å². The lowest BCUT2D eigenvalue weighted by Gasteiger charge is -2.25. The second kappa shape index (κ2) is 8.39. The first-order valence-corrected chi connectivity index (χ1v) is 10.3. The molecule has 4 rings (SSSR count). The van der Waals surface area contributed by atoms with Crippen molar-refractivity contribution in [2.24, 2.45) is 0 Å². The first kappa shape index (κ1) is 19.7. The van der Waals surface area contributed by atoms with Crippen LogP contribution in [-0.2, 0) is 0 Å². The summed E-state index contributed by atoms with van der Waals surface area (Å²) in [5.41, 5.74) is 5.61. The summed E-state index contributed by atoms with van der Waals surface area (Å²) in [6.07, 6.45) is 3.63. The molecule has 1 fully saturated rings. The van der Waals surface area contributed by atoms with Gasteiger partial charge in [-0.3, -0.25) is 4.79 Å². The number of para-hydroxylation sites is 1. The van der Waals surface area contributed by atoms with E-state index in [0.717, 1.165) is 37.3 Å². The second-order valence-corrected chi connectivity index (χ2v) is 7.99. The highest BCUT2D eigenvalue weighted by atomic mass is 35.5. The second-order valence-electron chi connectivity index (χ2n) is 7.58. The molecule has 5 nitrogen and oxygen atoms in total. The van der Waals surface area contributed by atoms with Crippen LogP contribution >= 0.6 is 11.6 Å². The Kier molecular flexibility index (Phi) is 5.69. The largest absolute Gasteiger partial charge is 0.321 e. The molecular weight excluding hydrogens is 384 g/mol. The van der Waals surface area contributed by atoms with Gasteiger partial charge in [-0.25, -0.2) is 4.68 Å². The normalized spacial score (nSPS) is 14.7. The maximum absolute atomic E-state index is 13.2. The van der Waals surface area contributed by atoms with E-state index < -0.39 is 0 Å². The standard InChI is InChI=1S/C23H25ClN4O/c1-15-7-8-18(13-16(15)2)28-22(17-9-11-25-12-10-17)19(14-26-28)23(29)27-21-6-4-3-5-20(21)24/h3-8,13-14,17,25H,9-12H2,1-2H3,(H,27,29). The molecule has 0 unspecified atom stereocenters. The van der Waals surface area contributed by atoms with E-state index in [1.54, 1.807) is 18.3 Å². The van der Waals surface area contributed by atoms with Gasteiger partial charge in [0.05, 0.1) is 33.9 Å². The number of hydrogen-bond acceptors (Lipinski definition) is 3. The Hall–Kier alpha value is -2.63. The third-order valence-corrected chi connectivity index (χ3v) is 5.96. The van der Waals surface area contributed by atoms with Gasteiger partial charge in [-0.05, 0) is 75.2 Å². The summed E-state index contributed by atoms with van der Waals surface area (Å²) >= 11 is 6.23. The van der Waals surface area contributed by atoms with Gasteiger partial charge < -0.3 is 10.6 Å². The van der Waals surface area contributed by atoms with Gasteiger partial charge in [0, 0.05) is 5.92 Å². The molecule has 1 amide bonds. The number of amides is 1. The average Bonchev–Trinajstić information content (AvgIpc) is 3.18. The molecule has 0 radical (unpaired) electrons. The van der Waals surface area contributed by atoms with Crippen molar-refractivity contribution >= 4 is 23.2 Å². The van der Waals surface area contributed by atoms with Crippen molar-refractivity contribution in [3.05, 3.63) is 76.1 Å². The van der Waals surface area contributed by atoms with Crippen LogP contribution in [0.4, 0.5) is 5.69 Å². The number of aryl methyl sites for hydroxylation is 2. The zero-order valence-corrected chi connectivity index (χ0v) is 17.5. The van der Waals surface area contributed by atoms with Crippen LogP contribution in [0.2, 0.25) is 5.02 Å². The smallest absolute Gasteiger partial charge is 0.259 e. The molecule has 0 bridgehead atoms. The van der Waals surface area contributed by atoms with E-state index in [2.05, 4.69) is 47.8 Å².